The van der Waals surface area contributed by atoms with Crippen molar-refractivity contribution < 1.29 is 9.22 Å². The van der Waals surface area contributed by atoms with Crippen LogP contribution >= 0.6 is 0 Å². The van der Waals surface area contributed by atoms with Crippen LogP contribution in [0, 0.1) is 0 Å². The summed E-state index contributed by atoms with van der Waals surface area (Å²) >= 11 is 0. The SMILES string of the molecule is C/C=C(\C)C(=O)O[SiH2]Cc1ccccc1. The highest BCUT2D eigenvalue weighted by atomic mass is 28.2. The van der Waals surface area contributed by atoms with E-state index in [9.17, 15) is 4.79 Å². The number of carbonyl (C=O) groups excluding carboxylic acids is 1. The Labute approximate surface area is 92.9 Å². The van der Waals surface area contributed by atoms with Gasteiger partial charge in [0.25, 0.3) is 0 Å². The highest BCUT2D eigenvalue weighted by Gasteiger charge is 2.03. The van der Waals surface area contributed by atoms with Crippen molar-refractivity contribution in [2.24, 2.45) is 0 Å². The van der Waals surface area contributed by atoms with E-state index in [2.05, 4.69) is 12.1 Å². The summed E-state index contributed by atoms with van der Waals surface area (Å²) in [5, 5.41) is 0. The molecule has 0 aromatic heterocycles. The number of allylic oxidation sites excluding steroid dienone is 1. The van der Waals surface area contributed by atoms with Crippen molar-refractivity contribution in [3.63, 3.8) is 0 Å². The molecule has 80 valence electrons. The lowest BCUT2D eigenvalue weighted by Gasteiger charge is -2.04. The fourth-order valence-electron chi connectivity index (χ4n) is 1.14. The number of hydrogen-bond acceptors (Lipinski definition) is 2. The number of rotatable bonds is 4. The van der Waals surface area contributed by atoms with Gasteiger partial charge in [-0.1, -0.05) is 36.4 Å². The molecule has 0 aliphatic rings. The average molecular weight is 220 g/mol. The second-order valence-corrected chi connectivity index (χ2v) is 4.54. The quantitative estimate of drug-likeness (QED) is 0.571. The molecular formula is C12H16O2Si. The summed E-state index contributed by atoms with van der Waals surface area (Å²) in [6.45, 7) is 3.62. The molecule has 0 saturated carbocycles. The molecule has 0 aliphatic heterocycles. The van der Waals surface area contributed by atoms with E-state index in [1.165, 1.54) is 5.56 Å². The third kappa shape index (κ3) is 4.12. The van der Waals surface area contributed by atoms with Crippen LogP contribution in [-0.4, -0.2) is 15.7 Å². The van der Waals surface area contributed by atoms with Gasteiger partial charge in [-0.2, -0.15) is 0 Å². The third-order valence-corrected chi connectivity index (χ3v) is 3.47. The van der Waals surface area contributed by atoms with Crippen LogP contribution < -0.4 is 0 Å². The van der Waals surface area contributed by atoms with Gasteiger partial charge in [0.05, 0.1) is 0 Å². The van der Waals surface area contributed by atoms with Gasteiger partial charge in [0, 0.05) is 5.57 Å². The van der Waals surface area contributed by atoms with Crippen molar-refractivity contribution in [1.82, 2.24) is 0 Å². The molecule has 2 nitrogen and oxygen atoms in total. The molecule has 0 atom stereocenters. The Bertz CT molecular complexity index is 344. The minimum atomic E-state index is -0.777. The minimum Gasteiger partial charge on any atom is -0.521 e. The lowest BCUT2D eigenvalue weighted by molar-refractivity contribution is -0.130. The average Bonchev–Trinajstić information content (AvgIpc) is 2.29. The maximum atomic E-state index is 11.3. The highest BCUT2D eigenvalue weighted by molar-refractivity contribution is 6.31. The maximum Gasteiger partial charge on any atom is 0.319 e. The summed E-state index contributed by atoms with van der Waals surface area (Å²) in [5.74, 6) is -0.167. The molecule has 0 radical (unpaired) electrons. The summed E-state index contributed by atoms with van der Waals surface area (Å²) < 4.78 is 5.23. The second kappa shape index (κ2) is 6.19. The van der Waals surface area contributed by atoms with Gasteiger partial charge in [-0.05, 0) is 25.5 Å². The predicted octanol–water partition coefficient (Wildman–Crippen LogP) is 1.78. The Morgan fingerprint density at radius 2 is 2.07 bits per heavy atom. The molecule has 1 aromatic carbocycles. The van der Waals surface area contributed by atoms with Gasteiger partial charge in [0.2, 0.25) is 9.76 Å². The van der Waals surface area contributed by atoms with Gasteiger partial charge in [-0.15, -0.1) is 0 Å². The molecule has 3 heteroatoms. The first-order chi connectivity index (χ1) is 7.24. The van der Waals surface area contributed by atoms with E-state index in [4.69, 9.17) is 4.43 Å². The van der Waals surface area contributed by atoms with Crippen molar-refractivity contribution in [1.29, 1.82) is 0 Å². The first kappa shape index (κ1) is 11.7. The smallest absolute Gasteiger partial charge is 0.319 e. The van der Waals surface area contributed by atoms with Gasteiger partial charge in [-0.25, -0.2) is 4.79 Å². The zero-order valence-electron chi connectivity index (χ0n) is 9.19. The summed E-state index contributed by atoms with van der Waals surface area (Å²) in [4.78, 5) is 11.3. The van der Waals surface area contributed by atoms with Crippen molar-refractivity contribution in [3.05, 3.63) is 47.5 Å². The van der Waals surface area contributed by atoms with Gasteiger partial charge in [-0.3, -0.25) is 0 Å². The molecule has 0 aliphatic carbocycles. The Balaban J connectivity index is 2.31. The summed E-state index contributed by atoms with van der Waals surface area (Å²) in [6, 6.07) is 11.0. The molecule has 0 bridgehead atoms. The van der Waals surface area contributed by atoms with Crippen molar-refractivity contribution >= 4 is 15.7 Å². The first-order valence-corrected chi connectivity index (χ1v) is 6.65. The second-order valence-electron chi connectivity index (χ2n) is 3.34. The van der Waals surface area contributed by atoms with Gasteiger partial charge in [0.15, 0.2) is 0 Å². The zero-order chi connectivity index (χ0) is 11.1. The molecular weight excluding hydrogens is 204 g/mol. The lowest BCUT2D eigenvalue weighted by atomic mass is 10.2. The fourth-order valence-corrected chi connectivity index (χ4v) is 2.22. The van der Waals surface area contributed by atoms with Crippen LogP contribution in [-0.2, 0) is 15.3 Å². The normalized spacial score (nSPS) is 12.0. The van der Waals surface area contributed by atoms with E-state index in [-0.39, 0.29) is 5.97 Å². The maximum absolute atomic E-state index is 11.3. The molecule has 0 amide bonds. The van der Waals surface area contributed by atoms with Gasteiger partial charge in [0.1, 0.15) is 0 Å². The first-order valence-electron chi connectivity index (χ1n) is 5.08. The molecule has 1 aromatic rings. The van der Waals surface area contributed by atoms with Gasteiger partial charge >= 0.3 is 5.97 Å². The Hall–Kier alpha value is -1.35. The van der Waals surface area contributed by atoms with Crippen LogP contribution in [0.3, 0.4) is 0 Å². The molecule has 0 heterocycles. The van der Waals surface area contributed by atoms with Crippen LogP contribution in [0.2, 0.25) is 0 Å². The topological polar surface area (TPSA) is 26.3 Å². The van der Waals surface area contributed by atoms with E-state index < -0.39 is 9.76 Å². The van der Waals surface area contributed by atoms with E-state index >= 15 is 0 Å². The van der Waals surface area contributed by atoms with Crippen LogP contribution in [0.5, 0.6) is 0 Å². The molecule has 0 N–H and O–H groups in total. The van der Waals surface area contributed by atoms with E-state index in [1.807, 2.05) is 25.1 Å². The fraction of sp³-hybridized carbons (Fsp3) is 0.250. The Morgan fingerprint density at radius 3 is 2.67 bits per heavy atom. The van der Waals surface area contributed by atoms with Crippen molar-refractivity contribution in [2.45, 2.75) is 19.9 Å². The van der Waals surface area contributed by atoms with Gasteiger partial charge < -0.3 is 4.43 Å². The van der Waals surface area contributed by atoms with Crippen LogP contribution in [0.1, 0.15) is 19.4 Å². The summed E-state index contributed by atoms with van der Waals surface area (Å²) in [5.41, 5.74) is 1.94. The standard InChI is InChI=1S/C12H16O2Si/c1-3-10(2)12(13)14-15-9-11-7-5-4-6-8-11/h3-8H,9,15H2,1-2H3/b10-3+. The highest BCUT2D eigenvalue weighted by Crippen LogP contribution is 2.00. The molecule has 0 unspecified atom stereocenters. The third-order valence-electron chi connectivity index (χ3n) is 2.22. The van der Waals surface area contributed by atoms with Crippen LogP contribution in [0.4, 0.5) is 0 Å². The summed E-state index contributed by atoms with van der Waals surface area (Å²) in [6.07, 6.45) is 1.78. The largest absolute Gasteiger partial charge is 0.521 e. The van der Waals surface area contributed by atoms with Crippen LogP contribution in [0.25, 0.3) is 0 Å². The Kier molecular flexibility index (Phi) is 4.84. The van der Waals surface area contributed by atoms with Crippen molar-refractivity contribution in [2.75, 3.05) is 0 Å². The molecule has 15 heavy (non-hydrogen) atoms. The molecule has 0 spiro atoms. The van der Waals surface area contributed by atoms with E-state index in [0.717, 1.165) is 6.04 Å². The minimum absolute atomic E-state index is 0.167. The number of carbonyl (C=O) groups is 1. The van der Waals surface area contributed by atoms with E-state index in [1.54, 1.807) is 13.0 Å². The van der Waals surface area contributed by atoms with Crippen LogP contribution in [0.15, 0.2) is 42.0 Å². The summed E-state index contributed by atoms with van der Waals surface area (Å²) in [7, 11) is -0.777. The number of benzene rings is 1. The van der Waals surface area contributed by atoms with E-state index in [0.29, 0.717) is 5.57 Å². The molecule has 1 rings (SSSR count). The monoisotopic (exact) mass is 220 g/mol. The zero-order valence-corrected chi connectivity index (χ0v) is 10.6. The predicted molar refractivity (Wildman–Crippen MR) is 64.2 cm³/mol. The molecule has 0 fully saturated rings. The Morgan fingerprint density at radius 1 is 1.40 bits per heavy atom. The lowest BCUT2D eigenvalue weighted by Crippen LogP contribution is -2.11. The van der Waals surface area contributed by atoms with Crippen molar-refractivity contribution in [3.8, 4) is 0 Å². The number of hydrogen-bond donors (Lipinski definition) is 0. The molecule has 0 saturated heterocycles.